The second kappa shape index (κ2) is 7.48. The SMILES string of the molecule is CSc1ccccc1C(=O)Nc1cccc(C#CCO)n1. The van der Waals surface area contributed by atoms with Crippen molar-refractivity contribution in [1.29, 1.82) is 0 Å². The summed E-state index contributed by atoms with van der Waals surface area (Å²) in [7, 11) is 0. The van der Waals surface area contributed by atoms with Gasteiger partial charge in [0.05, 0.1) is 5.56 Å². The number of rotatable bonds is 3. The predicted octanol–water partition coefficient (Wildman–Crippen LogP) is 2.40. The van der Waals surface area contributed by atoms with Gasteiger partial charge < -0.3 is 10.4 Å². The molecule has 0 fully saturated rings. The van der Waals surface area contributed by atoms with Gasteiger partial charge in [0.25, 0.3) is 5.91 Å². The standard InChI is InChI=1S/C16H14N2O2S/c1-21-14-9-3-2-8-13(14)16(20)18-15-10-4-6-12(17-15)7-5-11-19/h2-4,6,8-10,19H,11H2,1H3,(H,17,18,20). The first-order valence-electron chi connectivity index (χ1n) is 6.25. The Morgan fingerprint density at radius 2 is 2.10 bits per heavy atom. The Labute approximate surface area is 127 Å². The number of carbonyl (C=O) groups is 1. The second-order valence-corrected chi connectivity index (χ2v) is 4.87. The fourth-order valence-electron chi connectivity index (χ4n) is 1.72. The molecule has 0 unspecified atom stereocenters. The summed E-state index contributed by atoms with van der Waals surface area (Å²) in [5, 5.41) is 11.4. The normalized spacial score (nSPS) is 9.62. The van der Waals surface area contributed by atoms with E-state index in [1.807, 2.05) is 24.5 Å². The quantitative estimate of drug-likeness (QED) is 0.675. The van der Waals surface area contributed by atoms with E-state index in [1.54, 1.807) is 24.3 Å². The van der Waals surface area contributed by atoms with Gasteiger partial charge >= 0.3 is 0 Å². The van der Waals surface area contributed by atoms with Crippen molar-refractivity contribution in [2.75, 3.05) is 18.2 Å². The van der Waals surface area contributed by atoms with Crippen molar-refractivity contribution in [3.8, 4) is 11.8 Å². The number of aliphatic hydroxyl groups is 1. The molecule has 0 aliphatic carbocycles. The van der Waals surface area contributed by atoms with Crippen LogP contribution in [0.4, 0.5) is 5.82 Å². The number of carbonyl (C=O) groups excluding carboxylic acids is 1. The van der Waals surface area contributed by atoms with Gasteiger partial charge in [0.15, 0.2) is 0 Å². The summed E-state index contributed by atoms with van der Waals surface area (Å²) in [5.41, 5.74) is 1.11. The van der Waals surface area contributed by atoms with Crippen LogP contribution in [0.1, 0.15) is 16.1 Å². The number of hydrogen-bond donors (Lipinski definition) is 2. The molecule has 0 spiro atoms. The predicted molar refractivity (Wildman–Crippen MR) is 84.4 cm³/mol. The van der Waals surface area contributed by atoms with Gasteiger partial charge in [-0.1, -0.05) is 24.1 Å². The molecule has 1 aromatic carbocycles. The number of aromatic nitrogens is 1. The molecule has 0 bridgehead atoms. The van der Waals surface area contributed by atoms with Crippen LogP contribution in [0.5, 0.6) is 0 Å². The van der Waals surface area contributed by atoms with Crippen LogP contribution in [0.2, 0.25) is 0 Å². The summed E-state index contributed by atoms with van der Waals surface area (Å²) in [6.45, 7) is -0.223. The minimum absolute atomic E-state index is 0.209. The lowest BCUT2D eigenvalue weighted by Gasteiger charge is -2.08. The monoisotopic (exact) mass is 298 g/mol. The summed E-state index contributed by atoms with van der Waals surface area (Å²) < 4.78 is 0. The Kier molecular flexibility index (Phi) is 5.38. The third-order valence-electron chi connectivity index (χ3n) is 2.64. The lowest BCUT2D eigenvalue weighted by atomic mass is 10.2. The molecule has 1 aromatic heterocycles. The molecule has 21 heavy (non-hydrogen) atoms. The molecule has 5 heteroatoms. The van der Waals surface area contributed by atoms with Crippen LogP contribution in [0, 0.1) is 11.8 Å². The maximum atomic E-state index is 12.3. The minimum Gasteiger partial charge on any atom is -0.384 e. The fourth-order valence-corrected chi connectivity index (χ4v) is 2.32. The number of nitrogens with zero attached hydrogens (tertiary/aromatic N) is 1. The van der Waals surface area contributed by atoms with Crippen LogP contribution >= 0.6 is 11.8 Å². The Morgan fingerprint density at radius 1 is 1.29 bits per heavy atom. The van der Waals surface area contributed by atoms with Crippen LogP contribution in [-0.4, -0.2) is 28.9 Å². The van der Waals surface area contributed by atoms with E-state index in [4.69, 9.17) is 5.11 Å². The average molecular weight is 298 g/mol. The van der Waals surface area contributed by atoms with Crippen molar-refractivity contribution >= 4 is 23.5 Å². The highest BCUT2D eigenvalue weighted by molar-refractivity contribution is 7.98. The zero-order valence-electron chi connectivity index (χ0n) is 11.5. The van der Waals surface area contributed by atoms with E-state index in [0.29, 0.717) is 17.1 Å². The first kappa shape index (κ1) is 15.1. The Morgan fingerprint density at radius 3 is 2.86 bits per heavy atom. The zero-order valence-corrected chi connectivity index (χ0v) is 12.3. The maximum absolute atomic E-state index is 12.3. The van der Waals surface area contributed by atoms with Gasteiger partial charge in [-0.25, -0.2) is 4.98 Å². The van der Waals surface area contributed by atoms with E-state index >= 15 is 0 Å². The third kappa shape index (κ3) is 4.09. The first-order chi connectivity index (χ1) is 10.2. The van der Waals surface area contributed by atoms with E-state index in [1.165, 1.54) is 11.8 Å². The molecule has 2 rings (SSSR count). The Balaban J connectivity index is 2.20. The lowest BCUT2D eigenvalue weighted by Crippen LogP contribution is -2.14. The van der Waals surface area contributed by atoms with Crippen LogP contribution in [0.15, 0.2) is 47.4 Å². The molecule has 0 saturated heterocycles. The summed E-state index contributed by atoms with van der Waals surface area (Å²) in [5.74, 6) is 5.45. The molecule has 2 aromatic rings. The van der Waals surface area contributed by atoms with Gasteiger partial charge in [-0.2, -0.15) is 0 Å². The Bertz CT molecular complexity index is 705. The minimum atomic E-state index is -0.223. The van der Waals surface area contributed by atoms with Crippen LogP contribution in [-0.2, 0) is 0 Å². The van der Waals surface area contributed by atoms with Crippen LogP contribution in [0.3, 0.4) is 0 Å². The molecule has 0 aliphatic heterocycles. The van der Waals surface area contributed by atoms with Gasteiger partial charge in [0.2, 0.25) is 0 Å². The van der Waals surface area contributed by atoms with Crippen molar-refractivity contribution in [2.24, 2.45) is 0 Å². The Hall–Kier alpha value is -2.29. The summed E-state index contributed by atoms with van der Waals surface area (Å²) in [4.78, 5) is 17.4. The molecular weight excluding hydrogens is 284 g/mol. The summed E-state index contributed by atoms with van der Waals surface area (Å²) in [6.07, 6.45) is 1.93. The van der Waals surface area contributed by atoms with Gasteiger partial charge in [0, 0.05) is 4.90 Å². The molecule has 0 saturated carbocycles. The number of hydrogen-bond acceptors (Lipinski definition) is 4. The van der Waals surface area contributed by atoms with E-state index in [9.17, 15) is 4.79 Å². The van der Waals surface area contributed by atoms with E-state index in [2.05, 4.69) is 22.1 Å². The lowest BCUT2D eigenvalue weighted by molar-refractivity contribution is 0.102. The van der Waals surface area contributed by atoms with Crippen LogP contribution in [0.25, 0.3) is 0 Å². The highest BCUT2D eigenvalue weighted by Crippen LogP contribution is 2.20. The molecule has 0 aliphatic rings. The third-order valence-corrected chi connectivity index (χ3v) is 3.43. The topological polar surface area (TPSA) is 62.2 Å². The summed E-state index contributed by atoms with van der Waals surface area (Å²) in [6, 6.07) is 12.6. The fraction of sp³-hybridized carbons (Fsp3) is 0.125. The molecule has 1 amide bonds. The van der Waals surface area contributed by atoms with Crippen molar-refractivity contribution in [1.82, 2.24) is 4.98 Å². The first-order valence-corrected chi connectivity index (χ1v) is 7.48. The molecular formula is C16H14N2O2S. The second-order valence-electron chi connectivity index (χ2n) is 4.02. The van der Waals surface area contributed by atoms with E-state index < -0.39 is 0 Å². The van der Waals surface area contributed by atoms with Crippen molar-refractivity contribution in [2.45, 2.75) is 4.90 Å². The van der Waals surface area contributed by atoms with Crippen LogP contribution < -0.4 is 5.32 Å². The van der Waals surface area contributed by atoms with Gasteiger partial charge in [0.1, 0.15) is 18.1 Å². The largest absolute Gasteiger partial charge is 0.384 e. The number of pyridine rings is 1. The number of amides is 1. The average Bonchev–Trinajstić information content (AvgIpc) is 2.53. The molecule has 2 N–H and O–H groups in total. The van der Waals surface area contributed by atoms with Gasteiger partial charge in [-0.15, -0.1) is 11.8 Å². The molecule has 0 atom stereocenters. The van der Waals surface area contributed by atoms with E-state index in [0.717, 1.165) is 4.90 Å². The van der Waals surface area contributed by atoms with Gasteiger partial charge in [-0.3, -0.25) is 4.79 Å². The van der Waals surface area contributed by atoms with Crippen molar-refractivity contribution in [3.63, 3.8) is 0 Å². The van der Waals surface area contributed by atoms with Crippen molar-refractivity contribution in [3.05, 3.63) is 53.7 Å². The molecule has 1 heterocycles. The zero-order chi connectivity index (χ0) is 15.1. The van der Waals surface area contributed by atoms with E-state index in [-0.39, 0.29) is 12.5 Å². The maximum Gasteiger partial charge on any atom is 0.257 e. The highest BCUT2D eigenvalue weighted by Gasteiger charge is 2.11. The number of anilines is 1. The molecule has 4 nitrogen and oxygen atoms in total. The van der Waals surface area contributed by atoms with Crippen molar-refractivity contribution < 1.29 is 9.90 Å². The smallest absolute Gasteiger partial charge is 0.257 e. The number of thioether (sulfide) groups is 1. The number of nitrogens with one attached hydrogen (secondary N) is 1. The van der Waals surface area contributed by atoms with Gasteiger partial charge in [-0.05, 0) is 36.4 Å². The molecule has 0 radical (unpaired) electrons. The number of aliphatic hydroxyl groups excluding tert-OH is 1. The summed E-state index contributed by atoms with van der Waals surface area (Å²) >= 11 is 1.52. The molecule has 106 valence electrons. The highest BCUT2D eigenvalue weighted by atomic mass is 32.2. The number of benzene rings is 1.